The maximum atomic E-state index is 13.7. The zero-order valence-corrected chi connectivity index (χ0v) is 13.3. The van der Waals surface area contributed by atoms with Crippen molar-refractivity contribution in [2.75, 3.05) is 0 Å². The molecule has 0 fully saturated rings. The molecule has 0 aliphatic carbocycles. The van der Waals surface area contributed by atoms with Crippen LogP contribution in [0.2, 0.25) is 0 Å². The first-order valence-electron chi connectivity index (χ1n) is 6.37. The Morgan fingerprint density at radius 2 is 2.05 bits per heavy atom. The molecule has 0 heterocycles. The van der Waals surface area contributed by atoms with Gasteiger partial charge in [-0.05, 0) is 44.2 Å². The van der Waals surface area contributed by atoms with Crippen LogP contribution < -0.4 is 4.74 Å². The van der Waals surface area contributed by atoms with Crippen LogP contribution in [0, 0.1) is 12.7 Å². The Bertz CT molecular complexity index is 686. The fraction of sp³-hybridized carbons (Fsp3) is 0.188. The molecule has 0 aliphatic heterocycles. The first-order valence-corrected chi connectivity index (χ1v) is 7.17. The molecule has 0 amide bonds. The van der Waals surface area contributed by atoms with E-state index in [9.17, 15) is 4.39 Å². The third-order valence-electron chi connectivity index (χ3n) is 3.07. The van der Waals surface area contributed by atoms with E-state index in [1.165, 1.54) is 6.07 Å². The summed E-state index contributed by atoms with van der Waals surface area (Å²) in [4.78, 5) is 0. The molecule has 21 heavy (non-hydrogen) atoms. The zero-order valence-electron chi connectivity index (χ0n) is 11.7. The maximum absolute atomic E-state index is 13.7. The number of hydrogen-bond donors (Lipinski definition) is 1. The van der Waals surface area contributed by atoms with Crippen molar-refractivity contribution >= 4 is 21.6 Å². The van der Waals surface area contributed by atoms with E-state index in [1.807, 2.05) is 19.1 Å². The molecule has 0 aliphatic rings. The second kappa shape index (κ2) is 6.72. The highest BCUT2D eigenvalue weighted by Crippen LogP contribution is 2.23. The van der Waals surface area contributed by atoms with Crippen LogP contribution in [-0.4, -0.2) is 10.9 Å². The van der Waals surface area contributed by atoms with Gasteiger partial charge in [-0.15, -0.1) is 0 Å². The minimum absolute atomic E-state index is 0.0973. The lowest BCUT2D eigenvalue weighted by molar-refractivity contribution is 0.297. The summed E-state index contributed by atoms with van der Waals surface area (Å²) >= 11 is 3.31. The molecule has 0 saturated heterocycles. The molecule has 1 N–H and O–H groups in total. The highest BCUT2D eigenvalue weighted by molar-refractivity contribution is 9.10. The summed E-state index contributed by atoms with van der Waals surface area (Å²) in [5, 5.41) is 12.1. The van der Waals surface area contributed by atoms with Gasteiger partial charge in [0, 0.05) is 15.6 Å². The van der Waals surface area contributed by atoms with Crippen molar-refractivity contribution in [3.05, 3.63) is 63.4 Å². The predicted molar refractivity (Wildman–Crippen MR) is 83.6 cm³/mol. The summed E-state index contributed by atoms with van der Waals surface area (Å²) in [5.41, 5.74) is 2.61. The summed E-state index contributed by atoms with van der Waals surface area (Å²) in [6.45, 7) is 3.72. The van der Waals surface area contributed by atoms with Crippen molar-refractivity contribution < 1.29 is 14.3 Å². The molecule has 2 aromatic carbocycles. The Labute approximate surface area is 131 Å². The van der Waals surface area contributed by atoms with E-state index in [0.29, 0.717) is 22.6 Å². The number of benzene rings is 2. The highest BCUT2D eigenvalue weighted by Gasteiger charge is 2.10. The molecular weight excluding hydrogens is 337 g/mol. The third-order valence-corrected chi connectivity index (χ3v) is 3.56. The van der Waals surface area contributed by atoms with Gasteiger partial charge >= 0.3 is 0 Å². The van der Waals surface area contributed by atoms with Gasteiger partial charge in [-0.25, -0.2) is 4.39 Å². The largest absolute Gasteiger partial charge is 0.488 e. The smallest absolute Gasteiger partial charge is 0.129 e. The van der Waals surface area contributed by atoms with E-state index in [0.717, 1.165) is 10.0 Å². The molecule has 0 unspecified atom stereocenters. The lowest BCUT2D eigenvalue weighted by Gasteiger charge is -2.12. The van der Waals surface area contributed by atoms with Crippen LogP contribution in [0.4, 0.5) is 4.39 Å². The Kier molecular flexibility index (Phi) is 4.96. The summed E-state index contributed by atoms with van der Waals surface area (Å²) in [5.74, 6) is 0.231. The average molecular weight is 352 g/mol. The van der Waals surface area contributed by atoms with E-state index in [1.54, 1.807) is 25.1 Å². The number of rotatable bonds is 4. The number of aryl methyl sites for hydroxylation is 1. The van der Waals surface area contributed by atoms with Crippen LogP contribution in [0.1, 0.15) is 23.6 Å². The van der Waals surface area contributed by atoms with E-state index < -0.39 is 0 Å². The van der Waals surface area contributed by atoms with Gasteiger partial charge in [-0.3, -0.25) is 0 Å². The van der Waals surface area contributed by atoms with Crippen molar-refractivity contribution in [3.8, 4) is 5.75 Å². The monoisotopic (exact) mass is 351 g/mol. The molecule has 3 nitrogen and oxygen atoms in total. The van der Waals surface area contributed by atoms with E-state index in [4.69, 9.17) is 9.94 Å². The summed E-state index contributed by atoms with van der Waals surface area (Å²) in [6, 6.07) is 10.2. The van der Waals surface area contributed by atoms with E-state index in [-0.39, 0.29) is 12.4 Å². The van der Waals surface area contributed by atoms with Gasteiger partial charge in [0.15, 0.2) is 0 Å². The summed E-state index contributed by atoms with van der Waals surface area (Å²) < 4.78 is 20.2. The Morgan fingerprint density at radius 1 is 1.29 bits per heavy atom. The van der Waals surface area contributed by atoms with Gasteiger partial charge in [0.05, 0.1) is 5.71 Å². The van der Waals surface area contributed by atoms with E-state index in [2.05, 4.69) is 21.1 Å². The second-order valence-electron chi connectivity index (χ2n) is 4.71. The third kappa shape index (κ3) is 3.82. The maximum Gasteiger partial charge on any atom is 0.129 e. The van der Waals surface area contributed by atoms with Gasteiger partial charge in [0.25, 0.3) is 0 Å². The highest BCUT2D eigenvalue weighted by atomic mass is 79.9. The van der Waals surface area contributed by atoms with Crippen LogP contribution in [0.3, 0.4) is 0 Å². The molecule has 5 heteroatoms. The first kappa shape index (κ1) is 15.5. The number of ether oxygens (including phenoxy) is 1. The molecule has 2 rings (SSSR count). The Hall–Kier alpha value is -1.88. The van der Waals surface area contributed by atoms with Crippen molar-refractivity contribution in [2.24, 2.45) is 5.16 Å². The zero-order chi connectivity index (χ0) is 15.4. The quantitative estimate of drug-likeness (QED) is 0.493. The number of hydrogen-bond acceptors (Lipinski definition) is 3. The Balaban J connectivity index is 2.26. The normalized spacial score (nSPS) is 11.5. The average Bonchev–Trinajstić information content (AvgIpc) is 2.48. The van der Waals surface area contributed by atoms with Crippen LogP contribution in [0.15, 0.2) is 46.0 Å². The second-order valence-corrected chi connectivity index (χ2v) is 5.63. The van der Waals surface area contributed by atoms with E-state index >= 15 is 0 Å². The lowest BCUT2D eigenvalue weighted by atomic mass is 10.1. The molecule has 0 aromatic heterocycles. The van der Waals surface area contributed by atoms with Crippen LogP contribution >= 0.6 is 15.9 Å². The molecule has 0 spiro atoms. The predicted octanol–water partition coefficient (Wildman–Crippen LogP) is 4.67. The summed E-state index contributed by atoms with van der Waals surface area (Å²) in [7, 11) is 0. The molecule has 0 radical (unpaired) electrons. The fourth-order valence-electron chi connectivity index (χ4n) is 1.92. The number of nitrogens with zero attached hydrogens (tertiary/aromatic N) is 1. The van der Waals surface area contributed by atoms with Crippen LogP contribution in [-0.2, 0) is 6.61 Å². The minimum atomic E-state index is -0.320. The number of oxime groups is 1. The van der Waals surface area contributed by atoms with Crippen LogP contribution in [0.5, 0.6) is 5.75 Å². The Morgan fingerprint density at radius 3 is 2.76 bits per heavy atom. The van der Waals surface area contributed by atoms with Crippen molar-refractivity contribution in [2.45, 2.75) is 20.5 Å². The number of halogens is 2. The molecule has 0 bridgehead atoms. The molecule has 0 atom stereocenters. The van der Waals surface area contributed by atoms with Gasteiger partial charge in [0.2, 0.25) is 0 Å². The van der Waals surface area contributed by atoms with Crippen molar-refractivity contribution in [1.29, 1.82) is 0 Å². The van der Waals surface area contributed by atoms with Crippen molar-refractivity contribution in [3.63, 3.8) is 0 Å². The topological polar surface area (TPSA) is 41.8 Å². The minimum Gasteiger partial charge on any atom is -0.488 e. The standard InChI is InChI=1S/C16H15BrFNO2/c1-10-3-6-16(14(7-10)11(2)19-20)21-9-12-8-13(17)4-5-15(12)18/h3-8,20H,9H2,1-2H3/b19-11+. The van der Waals surface area contributed by atoms with Gasteiger partial charge in [-0.2, -0.15) is 0 Å². The van der Waals surface area contributed by atoms with Crippen molar-refractivity contribution in [1.82, 2.24) is 0 Å². The van der Waals surface area contributed by atoms with Crippen LogP contribution in [0.25, 0.3) is 0 Å². The first-order chi connectivity index (χ1) is 10.0. The summed E-state index contributed by atoms with van der Waals surface area (Å²) in [6.07, 6.45) is 0. The van der Waals surface area contributed by atoms with Gasteiger partial charge < -0.3 is 9.94 Å². The molecule has 2 aromatic rings. The van der Waals surface area contributed by atoms with Gasteiger partial charge in [0.1, 0.15) is 18.2 Å². The van der Waals surface area contributed by atoms with Gasteiger partial charge in [-0.1, -0.05) is 32.7 Å². The SMILES string of the molecule is C/C(=N\O)c1cc(C)ccc1OCc1cc(Br)ccc1F. The molecule has 110 valence electrons. The molecular formula is C16H15BrFNO2. The fourth-order valence-corrected chi connectivity index (χ4v) is 2.32. The molecule has 0 saturated carbocycles. The lowest BCUT2D eigenvalue weighted by Crippen LogP contribution is -2.04.